The summed E-state index contributed by atoms with van der Waals surface area (Å²) in [6.07, 6.45) is 1.98. The van der Waals surface area contributed by atoms with Crippen molar-refractivity contribution in [1.82, 2.24) is 10.3 Å². The zero-order valence-electron chi connectivity index (χ0n) is 11.0. The molecule has 0 spiro atoms. The standard InChI is InChI=1S/C16H15FN2O/c17-13-4-1-3-12(9-13)15-6-2-5-14(19-15)10-18-16(20)11-7-8-11/h1-6,9,11H,7-8,10H2,(H,18,20). The van der Waals surface area contributed by atoms with Crippen LogP contribution in [0.5, 0.6) is 0 Å². The second-order valence-electron chi connectivity index (χ2n) is 5.02. The summed E-state index contributed by atoms with van der Waals surface area (Å²) in [4.78, 5) is 16.0. The van der Waals surface area contributed by atoms with E-state index in [1.807, 2.05) is 24.3 Å². The second-order valence-corrected chi connectivity index (χ2v) is 5.02. The van der Waals surface area contributed by atoms with Gasteiger partial charge in [0.1, 0.15) is 5.82 Å². The molecule has 102 valence electrons. The molecule has 1 heterocycles. The first-order valence-corrected chi connectivity index (χ1v) is 6.72. The molecular weight excluding hydrogens is 255 g/mol. The molecule has 1 saturated carbocycles. The minimum atomic E-state index is -0.281. The fourth-order valence-corrected chi connectivity index (χ4v) is 2.05. The Bertz CT molecular complexity index is 638. The Morgan fingerprint density at radius 1 is 1.25 bits per heavy atom. The summed E-state index contributed by atoms with van der Waals surface area (Å²) in [7, 11) is 0. The van der Waals surface area contributed by atoms with E-state index in [9.17, 15) is 9.18 Å². The summed E-state index contributed by atoms with van der Waals surface area (Å²) < 4.78 is 13.2. The van der Waals surface area contributed by atoms with Crippen molar-refractivity contribution >= 4 is 5.91 Å². The van der Waals surface area contributed by atoms with Gasteiger partial charge in [-0.3, -0.25) is 9.78 Å². The van der Waals surface area contributed by atoms with Crippen LogP contribution in [0.15, 0.2) is 42.5 Å². The van der Waals surface area contributed by atoms with E-state index in [2.05, 4.69) is 10.3 Å². The van der Waals surface area contributed by atoms with Crippen LogP contribution in [0.3, 0.4) is 0 Å². The lowest BCUT2D eigenvalue weighted by atomic mass is 10.1. The highest BCUT2D eigenvalue weighted by molar-refractivity contribution is 5.80. The van der Waals surface area contributed by atoms with Crippen molar-refractivity contribution < 1.29 is 9.18 Å². The SMILES string of the molecule is O=C(NCc1cccc(-c2cccc(F)c2)n1)C1CC1. The van der Waals surface area contributed by atoms with Gasteiger partial charge >= 0.3 is 0 Å². The molecule has 4 heteroatoms. The average Bonchev–Trinajstić information content (AvgIpc) is 3.30. The Kier molecular flexibility index (Phi) is 3.46. The zero-order valence-corrected chi connectivity index (χ0v) is 11.0. The van der Waals surface area contributed by atoms with Crippen molar-refractivity contribution in [3.63, 3.8) is 0 Å². The van der Waals surface area contributed by atoms with Gasteiger partial charge in [-0.05, 0) is 37.1 Å². The van der Waals surface area contributed by atoms with Crippen LogP contribution >= 0.6 is 0 Å². The van der Waals surface area contributed by atoms with Gasteiger partial charge < -0.3 is 5.32 Å². The molecule has 3 nitrogen and oxygen atoms in total. The Morgan fingerprint density at radius 3 is 2.80 bits per heavy atom. The smallest absolute Gasteiger partial charge is 0.223 e. The normalized spacial score (nSPS) is 14.1. The predicted molar refractivity (Wildman–Crippen MR) is 74.2 cm³/mol. The molecule has 1 aliphatic rings. The Labute approximate surface area is 116 Å². The number of halogens is 1. The zero-order chi connectivity index (χ0) is 13.9. The molecule has 1 fully saturated rings. The Hall–Kier alpha value is -2.23. The first-order chi connectivity index (χ1) is 9.72. The van der Waals surface area contributed by atoms with E-state index in [0.29, 0.717) is 12.2 Å². The van der Waals surface area contributed by atoms with Gasteiger partial charge in [0.15, 0.2) is 0 Å². The molecule has 3 rings (SSSR count). The van der Waals surface area contributed by atoms with Crippen LogP contribution < -0.4 is 5.32 Å². The summed E-state index contributed by atoms with van der Waals surface area (Å²) in [5, 5.41) is 2.88. The molecule has 0 atom stereocenters. The Morgan fingerprint density at radius 2 is 2.05 bits per heavy atom. The number of nitrogens with zero attached hydrogens (tertiary/aromatic N) is 1. The van der Waals surface area contributed by atoms with Gasteiger partial charge in [-0.25, -0.2) is 4.39 Å². The van der Waals surface area contributed by atoms with E-state index in [1.165, 1.54) is 12.1 Å². The van der Waals surface area contributed by atoms with Gasteiger partial charge in [-0.2, -0.15) is 0 Å². The monoisotopic (exact) mass is 270 g/mol. The van der Waals surface area contributed by atoms with Gasteiger partial charge in [0, 0.05) is 11.5 Å². The molecule has 20 heavy (non-hydrogen) atoms. The number of hydrogen-bond donors (Lipinski definition) is 1. The van der Waals surface area contributed by atoms with E-state index in [1.54, 1.807) is 6.07 Å². The highest BCUT2D eigenvalue weighted by Gasteiger charge is 2.29. The fourth-order valence-electron chi connectivity index (χ4n) is 2.05. The van der Waals surface area contributed by atoms with Crippen LogP contribution in [0, 0.1) is 11.7 Å². The van der Waals surface area contributed by atoms with Crippen molar-refractivity contribution in [3.8, 4) is 11.3 Å². The number of pyridine rings is 1. The number of hydrogen-bond acceptors (Lipinski definition) is 2. The average molecular weight is 270 g/mol. The maximum absolute atomic E-state index is 13.2. The highest BCUT2D eigenvalue weighted by atomic mass is 19.1. The number of benzene rings is 1. The van der Waals surface area contributed by atoms with Crippen LogP contribution in [-0.4, -0.2) is 10.9 Å². The lowest BCUT2D eigenvalue weighted by molar-refractivity contribution is -0.122. The fraction of sp³-hybridized carbons (Fsp3) is 0.250. The molecule has 1 aliphatic carbocycles. The third-order valence-electron chi connectivity index (χ3n) is 3.32. The molecular formula is C16H15FN2O. The second kappa shape index (κ2) is 5.41. The molecule has 1 aromatic carbocycles. The molecule has 0 aliphatic heterocycles. The number of carbonyl (C=O) groups is 1. The summed E-state index contributed by atoms with van der Waals surface area (Å²) in [6, 6.07) is 11.9. The van der Waals surface area contributed by atoms with Crippen molar-refractivity contribution in [1.29, 1.82) is 0 Å². The summed E-state index contributed by atoms with van der Waals surface area (Å²) in [5.74, 6) is 0.0149. The molecule has 0 saturated heterocycles. The van der Waals surface area contributed by atoms with Gasteiger partial charge in [0.25, 0.3) is 0 Å². The summed E-state index contributed by atoms with van der Waals surface area (Å²) in [5.41, 5.74) is 2.23. The molecule has 1 amide bonds. The van der Waals surface area contributed by atoms with Gasteiger partial charge in [0.05, 0.1) is 17.9 Å². The van der Waals surface area contributed by atoms with Crippen molar-refractivity contribution in [2.75, 3.05) is 0 Å². The molecule has 2 aromatic rings. The third-order valence-corrected chi connectivity index (χ3v) is 3.32. The van der Waals surface area contributed by atoms with Gasteiger partial charge in [-0.15, -0.1) is 0 Å². The van der Waals surface area contributed by atoms with Crippen LogP contribution in [0.4, 0.5) is 4.39 Å². The van der Waals surface area contributed by atoms with Crippen molar-refractivity contribution in [2.45, 2.75) is 19.4 Å². The van der Waals surface area contributed by atoms with Crippen LogP contribution in [0.25, 0.3) is 11.3 Å². The third kappa shape index (κ3) is 3.02. The van der Waals surface area contributed by atoms with Gasteiger partial charge in [-0.1, -0.05) is 18.2 Å². The van der Waals surface area contributed by atoms with Crippen LogP contribution in [0.1, 0.15) is 18.5 Å². The van der Waals surface area contributed by atoms with Crippen molar-refractivity contribution in [3.05, 3.63) is 54.0 Å². The largest absolute Gasteiger partial charge is 0.350 e. The van der Waals surface area contributed by atoms with E-state index in [-0.39, 0.29) is 17.6 Å². The minimum absolute atomic E-state index is 0.1000. The van der Waals surface area contributed by atoms with E-state index in [0.717, 1.165) is 24.1 Å². The van der Waals surface area contributed by atoms with Crippen molar-refractivity contribution in [2.24, 2.45) is 5.92 Å². The molecule has 1 N–H and O–H groups in total. The topological polar surface area (TPSA) is 42.0 Å². The molecule has 0 unspecified atom stereocenters. The number of amides is 1. The van der Waals surface area contributed by atoms with Crippen LogP contribution in [-0.2, 0) is 11.3 Å². The number of aromatic nitrogens is 1. The first-order valence-electron chi connectivity index (χ1n) is 6.72. The number of carbonyl (C=O) groups excluding carboxylic acids is 1. The lowest BCUT2D eigenvalue weighted by Gasteiger charge is -2.06. The molecule has 1 aromatic heterocycles. The number of nitrogens with one attached hydrogen (secondary N) is 1. The van der Waals surface area contributed by atoms with E-state index >= 15 is 0 Å². The molecule has 0 bridgehead atoms. The maximum atomic E-state index is 13.2. The number of rotatable bonds is 4. The van der Waals surface area contributed by atoms with E-state index in [4.69, 9.17) is 0 Å². The quantitative estimate of drug-likeness (QED) is 0.928. The first kappa shape index (κ1) is 12.8. The van der Waals surface area contributed by atoms with Crippen LogP contribution in [0.2, 0.25) is 0 Å². The van der Waals surface area contributed by atoms with Gasteiger partial charge in [0.2, 0.25) is 5.91 Å². The lowest BCUT2D eigenvalue weighted by Crippen LogP contribution is -2.24. The highest BCUT2D eigenvalue weighted by Crippen LogP contribution is 2.28. The summed E-state index contributed by atoms with van der Waals surface area (Å²) >= 11 is 0. The molecule has 0 radical (unpaired) electrons. The Balaban J connectivity index is 1.73. The van der Waals surface area contributed by atoms with E-state index < -0.39 is 0 Å². The maximum Gasteiger partial charge on any atom is 0.223 e. The predicted octanol–water partition coefficient (Wildman–Crippen LogP) is 2.91. The summed E-state index contributed by atoms with van der Waals surface area (Å²) in [6.45, 7) is 0.415. The minimum Gasteiger partial charge on any atom is -0.350 e.